The number of amides is 1. The van der Waals surface area contributed by atoms with Crippen LogP contribution in [0.4, 0.5) is 0 Å². The SMILES string of the molecule is N#Cc1cccc(C[C@@H](NC(=O)C2CC2)C(=O)O)c1. The molecule has 1 atom stereocenters. The summed E-state index contributed by atoms with van der Waals surface area (Å²) in [6.07, 6.45) is 1.85. The molecule has 1 aliphatic carbocycles. The zero-order valence-electron chi connectivity index (χ0n) is 10.3. The maximum atomic E-state index is 11.6. The summed E-state index contributed by atoms with van der Waals surface area (Å²) >= 11 is 0. The van der Waals surface area contributed by atoms with Gasteiger partial charge in [-0.05, 0) is 30.5 Å². The summed E-state index contributed by atoms with van der Waals surface area (Å²) in [7, 11) is 0. The Bertz CT molecular complexity index is 544. The van der Waals surface area contributed by atoms with E-state index < -0.39 is 12.0 Å². The summed E-state index contributed by atoms with van der Waals surface area (Å²) in [4.78, 5) is 22.8. The molecule has 1 aliphatic rings. The van der Waals surface area contributed by atoms with Crippen molar-refractivity contribution in [2.24, 2.45) is 5.92 Å². The van der Waals surface area contributed by atoms with E-state index in [4.69, 9.17) is 10.4 Å². The van der Waals surface area contributed by atoms with E-state index in [0.717, 1.165) is 18.4 Å². The Balaban J connectivity index is 2.05. The van der Waals surface area contributed by atoms with Crippen LogP contribution in [0.1, 0.15) is 24.0 Å². The van der Waals surface area contributed by atoms with Crippen LogP contribution in [0, 0.1) is 17.2 Å². The molecular weight excluding hydrogens is 244 g/mol. The molecule has 1 saturated carbocycles. The van der Waals surface area contributed by atoms with Crippen molar-refractivity contribution in [3.63, 3.8) is 0 Å². The maximum absolute atomic E-state index is 11.6. The van der Waals surface area contributed by atoms with Crippen LogP contribution in [0.3, 0.4) is 0 Å². The Morgan fingerprint density at radius 2 is 2.21 bits per heavy atom. The van der Waals surface area contributed by atoms with Crippen LogP contribution in [0.2, 0.25) is 0 Å². The third kappa shape index (κ3) is 3.55. The molecule has 19 heavy (non-hydrogen) atoms. The third-order valence-electron chi connectivity index (χ3n) is 3.06. The number of nitriles is 1. The predicted octanol–water partition coefficient (Wildman–Crippen LogP) is 1.08. The van der Waals surface area contributed by atoms with E-state index >= 15 is 0 Å². The lowest BCUT2D eigenvalue weighted by Gasteiger charge is -2.14. The van der Waals surface area contributed by atoms with Crippen LogP contribution in [0.5, 0.6) is 0 Å². The number of aliphatic carboxylic acids is 1. The second kappa shape index (κ2) is 5.53. The number of nitrogens with one attached hydrogen (secondary N) is 1. The van der Waals surface area contributed by atoms with E-state index in [1.807, 2.05) is 6.07 Å². The van der Waals surface area contributed by atoms with Gasteiger partial charge in [0.2, 0.25) is 5.91 Å². The second-order valence-electron chi connectivity index (χ2n) is 4.69. The number of carboxylic acid groups (broad SMARTS) is 1. The fraction of sp³-hybridized carbons (Fsp3) is 0.357. The highest BCUT2D eigenvalue weighted by molar-refractivity contribution is 5.86. The summed E-state index contributed by atoms with van der Waals surface area (Å²) in [5.41, 5.74) is 1.21. The fourth-order valence-corrected chi connectivity index (χ4v) is 1.84. The van der Waals surface area contributed by atoms with E-state index in [2.05, 4.69) is 5.32 Å². The minimum Gasteiger partial charge on any atom is -0.480 e. The van der Waals surface area contributed by atoms with Gasteiger partial charge in [-0.1, -0.05) is 12.1 Å². The van der Waals surface area contributed by atoms with Gasteiger partial charge < -0.3 is 10.4 Å². The Morgan fingerprint density at radius 3 is 2.79 bits per heavy atom. The number of carbonyl (C=O) groups is 2. The van der Waals surface area contributed by atoms with Crippen LogP contribution in [-0.2, 0) is 16.0 Å². The molecule has 0 aliphatic heterocycles. The van der Waals surface area contributed by atoms with Gasteiger partial charge in [0.15, 0.2) is 0 Å². The molecule has 2 rings (SSSR count). The molecule has 0 saturated heterocycles. The van der Waals surface area contributed by atoms with Gasteiger partial charge >= 0.3 is 5.97 Å². The standard InChI is InChI=1S/C14H14N2O3/c15-8-10-3-1-2-9(6-10)7-12(14(18)19)16-13(17)11-4-5-11/h1-3,6,11-12H,4-5,7H2,(H,16,17)(H,18,19)/t12-/m1/s1. The molecule has 0 unspecified atom stereocenters. The molecule has 2 N–H and O–H groups in total. The van der Waals surface area contributed by atoms with Gasteiger partial charge in [0.05, 0.1) is 11.6 Å². The first-order chi connectivity index (χ1) is 9.10. The Hall–Kier alpha value is -2.35. The molecule has 1 amide bonds. The molecular formula is C14H14N2O3. The second-order valence-corrected chi connectivity index (χ2v) is 4.69. The first kappa shape index (κ1) is 13.1. The molecule has 0 aromatic heterocycles. The number of benzene rings is 1. The lowest BCUT2D eigenvalue weighted by Crippen LogP contribution is -2.43. The van der Waals surface area contributed by atoms with E-state index in [1.54, 1.807) is 24.3 Å². The number of carboxylic acids is 1. The van der Waals surface area contributed by atoms with Crippen LogP contribution in [0.25, 0.3) is 0 Å². The van der Waals surface area contributed by atoms with E-state index in [0.29, 0.717) is 5.56 Å². The number of carbonyl (C=O) groups excluding carboxylic acids is 1. The Kier molecular flexibility index (Phi) is 3.81. The predicted molar refractivity (Wildman–Crippen MR) is 67.2 cm³/mol. The van der Waals surface area contributed by atoms with Crippen molar-refractivity contribution in [2.75, 3.05) is 0 Å². The van der Waals surface area contributed by atoms with Gasteiger partial charge in [-0.3, -0.25) is 4.79 Å². The highest BCUT2D eigenvalue weighted by Crippen LogP contribution is 2.29. The minimum atomic E-state index is -1.06. The molecule has 98 valence electrons. The summed E-state index contributed by atoms with van der Waals surface area (Å²) in [6.45, 7) is 0. The average molecular weight is 258 g/mol. The van der Waals surface area contributed by atoms with E-state index in [9.17, 15) is 9.59 Å². The zero-order chi connectivity index (χ0) is 13.8. The van der Waals surface area contributed by atoms with Crippen molar-refractivity contribution >= 4 is 11.9 Å². The highest BCUT2D eigenvalue weighted by Gasteiger charge is 2.32. The number of hydrogen-bond donors (Lipinski definition) is 2. The van der Waals surface area contributed by atoms with Crippen molar-refractivity contribution in [2.45, 2.75) is 25.3 Å². The molecule has 0 radical (unpaired) electrons. The van der Waals surface area contributed by atoms with Crippen LogP contribution < -0.4 is 5.32 Å². The Labute approximate surface area is 110 Å². The van der Waals surface area contributed by atoms with Gasteiger partial charge in [0, 0.05) is 12.3 Å². The Morgan fingerprint density at radius 1 is 1.47 bits per heavy atom. The van der Waals surface area contributed by atoms with Gasteiger partial charge in [-0.15, -0.1) is 0 Å². The van der Waals surface area contributed by atoms with Crippen molar-refractivity contribution in [1.29, 1.82) is 5.26 Å². The van der Waals surface area contributed by atoms with Crippen molar-refractivity contribution in [3.05, 3.63) is 35.4 Å². The molecule has 5 heteroatoms. The molecule has 5 nitrogen and oxygen atoms in total. The molecule has 1 aromatic carbocycles. The third-order valence-corrected chi connectivity index (χ3v) is 3.06. The van der Waals surface area contributed by atoms with Crippen molar-refractivity contribution in [1.82, 2.24) is 5.32 Å². The summed E-state index contributed by atoms with van der Waals surface area (Å²) in [5.74, 6) is -1.27. The largest absolute Gasteiger partial charge is 0.480 e. The van der Waals surface area contributed by atoms with Crippen molar-refractivity contribution in [3.8, 4) is 6.07 Å². The zero-order valence-corrected chi connectivity index (χ0v) is 10.3. The normalized spacial score (nSPS) is 15.3. The molecule has 1 fully saturated rings. The summed E-state index contributed by atoms with van der Waals surface area (Å²) in [6, 6.07) is 7.81. The summed E-state index contributed by atoms with van der Waals surface area (Å²) < 4.78 is 0. The van der Waals surface area contributed by atoms with Gasteiger partial charge in [0.1, 0.15) is 6.04 Å². The topological polar surface area (TPSA) is 90.2 Å². The van der Waals surface area contributed by atoms with Gasteiger partial charge in [0.25, 0.3) is 0 Å². The van der Waals surface area contributed by atoms with Crippen molar-refractivity contribution < 1.29 is 14.7 Å². The number of rotatable bonds is 5. The average Bonchev–Trinajstić information content (AvgIpc) is 3.22. The molecule has 1 aromatic rings. The quantitative estimate of drug-likeness (QED) is 0.826. The lowest BCUT2D eigenvalue weighted by atomic mass is 10.0. The van der Waals surface area contributed by atoms with Crippen LogP contribution in [-0.4, -0.2) is 23.0 Å². The maximum Gasteiger partial charge on any atom is 0.326 e. The van der Waals surface area contributed by atoms with Crippen LogP contribution >= 0.6 is 0 Å². The lowest BCUT2D eigenvalue weighted by molar-refractivity contribution is -0.142. The molecule has 0 bridgehead atoms. The monoisotopic (exact) mass is 258 g/mol. The highest BCUT2D eigenvalue weighted by atomic mass is 16.4. The summed E-state index contributed by atoms with van der Waals surface area (Å²) in [5, 5.41) is 20.5. The number of nitrogens with zero attached hydrogens (tertiary/aromatic N) is 1. The van der Waals surface area contributed by atoms with E-state index in [-0.39, 0.29) is 18.2 Å². The van der Waals surface area contributed by atoms with Gasteiger partial charge in [-0.25, -0.2) is 4.79 Å². The fourth-order valence-electron chi connectivity index (χ4n) is 1.84. The first-order valence-electron chi connectivity index (χ1n) is 6.12. The molecule has 0 heterocycles. The smallest absolute Gasteiger partial charge is 0.326 e. The first-order valence-corrected chi connectivity index (χ1v) is 6.12. The van der Waals surface area contributed by atoms with E-state index in [1.165, 1.54) is 0 Å². The molecule has 0 spiro atoms. The van der Waals surface area contributed by atoms with Gasteiger partial charge in [-0.2, -0.15) is 5.26 Å². The van der Waals surface area contributed by atoms with Crippen LogP contribution in [0.15, 0.2) is 24.3 Å². The minimum absolute atomic E-state index is 0.0210. The number of hydrogen-bond acceptors (Lipinski definition) is 3.